The molecule has 44 heavy (non-hydrogen) atoms. The third-order valence-electron chi connectivity index (χ3n) is 7.09. The molecule has 5 rings (SSSR count). The second-order valence-corrected chi connectivity index (χ2v) is 12.8. The van der Waals surface area contributed by atoms with Gasteiger partial charge in [-0.2, -0.15) is 4.31 Å². The molecule has 5 aromatic rings. The Balaban J connectivity index is 1.41. The Labute approximate surface area is 264 Å². The number of amides is 1. The molecule has 0 heterocycles. The molecule has 0 saturated carbocycles. The minimum Gasteiger partial charge on any atom is -0.325 e. The van der Waals surface area contributed by atoms with E-state index in [0.29, 0.717) is 21.3 Å². The predicted molar refractivity (Wildman–Crippen MR) is 173 cm³/mol. The van der Waals surface area contributed by atoms with E-state index >= 15 is 0 Å². The van der Waals surface area contributed by atoms with Gasteiger partial charge in [0.2, 0.25) is 5.91 Å². The standard InChI is InChI=1S/C34H28BrN3O5S/c35-30-16-8-7-15-28(30)24-37(44(42,43)32-18-10-9-17-31(32)38(40)41)23-25-19-21-29(22-20-25)36-34(39)33(26-11-3-1-4-12-26)27-13-5-2-6-14-27/h1-22,33H,23-24H2,(H,36,39). The van der Waals surface area contributed by atoms with Gasteiger partial charge in [-0.25, -0.2) is 8.42 Å². The molecule has 10 heteroatoms. The maximum Gasteiger partial charge on any atom is 0.289 e. The summed E-state index contributed by atoms with van der Waals surface area (Å²) in [5.74, 6) is -0.728. The Morgan fingerprint density at radius 1 is 0.750 bits per heavy atom. The van der Waals surface area contributed by atoms with Crippen molar-refractivity contribution in [2.24, 2.45) is 0 Å². The Hall–Kier alpha value is -4.64. The lowest BCUT2D eigenvalue weighted by Crippen LogP contribution is -2.31. The van der Waals surface area contributed by atoms with Crippen molar-refractivity contribution in [2.45, 2.75) is 23.9 Å². The van der Waals surface area contributed by atoms with Gasteiger partial charge in [0.1, 0.15) is 0 Å². The molecule has 1 amide bonds. The topological polar surface area (TPSA) is 110 Å². The van der Waals surface area contributed by atoms with Crippen LogP contribution in [0.25, 0.3) is 0 Å². The van der Waals surface area contributed by atoms with Crippen molar-refractivity contribution in [1.82, 2.24) is 4.31 Å². The van der Waals surface area contributed by atoms with E-state index in [9.17, 15) is 23.3 Å². The molecule has 0 aliphatic carbocycles. The number of rotatable bonds is 11. The van der Waals surface area contributed by atoms with Gasteiger partial charge in [-0.1, -0.05) is 119 Å². The highest BCUT2D eigenvalue weighted by Crippen LogP contribution is 2.31. The number of nitrogens with zero attached hydrogens (tertiary/aromatic N) is 2. The van der Waals surface area contributed by atoms with Crippen molar-refractivity contribution >= 4 is 43.2 Å². The number of benzene rings is 5. The fraction of sp³-hybridized carbons (Fsp3) is 0.0882. The van der Waals surface area contributed by atoms with Crippen LogP contribution in [0.3, 0.4) is 0 Å². The zero-order valence-corrected chi connectivity index (χ0v) is 25.8. The van der Waals surface area contributed by atoms with Crippen LogP contribution in [0.5, 0.6) is 0 Å². The Kier molecular flexibility index (Phi) is 9.64. The molecule has 0 unspecified atom stereocenters. The normalized spacial score (nSPS) is 11.4. The summed E-state index contributed by atoms with van der Waals surface area (Å²) < 4.78 is 29.7. The molecule has 222 valence electrons. The van der Waals surface area contributed by atoms with Crippen LogP contribution in [-0.4, -0.2) is 23.6 Å². The second-order valence-electron chi connectivity index (χ2n) is 10.0. The molecule has 0 aliphatic rings. The summed E-state index contributed by atoms with van der Waals surface area (Å²) in [7, 11) is -4.29. The van der Waals surface area contributed by atoms with Crippen molar-refractivity contribution < 1.29 is 18.1 Å². The van der Waals surface area contributed by atoms with E-state index in [0.717, 1.165) is 11.1 Å². The SMILES string of the molecule is O=C(Nc1ccc(CN(Cc2ccccc2Br)S(=O)(=O)c2ccccc2[N+](=O)[O-])cc1)C(c1ccccc1)c1ccccc1. The first-order valence-corrected chi connectivity index (χ1v) is 15.9. The summed E-state index contributed by atoms with van der Waals surface area (Å²) in [5, 5.41) is 14.7. The van der Waals surface area contributed by atoms with E-state index in [1.165, 1.54) is 28.6 Å². The first-order chi connectivity index (χ1) is 21.2. The maximum atomic E-state index is 13.9. The number of nitrogens with one attached hydrogen (secondary N) is 1. The van der Waals surface area contributed by atoms with Crippen molar-refractivity contribution in [3.05, 3.63) is 170 Å². The van der Waals surface area contributed by atoms with Crippen molar-refractivity contribution in [1.29, 1.82) is 0 Å². The third kappa shape index (κ3) is 7.11. The van der Waals surface area contributed by atoms with Gasteiger partial charge in [-0.05, 0) is 46.5 Å². The fourth-order valence-corrected chi connectivity index (χ4v) is 6.88. The number of halogens is 1. The van der Waals surface area contributed by atoms with Gasteiger partial charge in [0.15, 0.2) is 4.90 Å². The molecule has 0 radical (unpaired) electrons. The number of para-hydroxylation sites is 1. The van der Waals surface area contributed by atoms with Crippen LogP contribution in [-0.2, 0) is 27.9 Å². The maximum absolute atomic E-state index is 13.9. The lowest BCUT2D eigenvalue weighted by molar-refractivity contribution is -0.387. The van der Waals surface area contributed by atoms with Crippen LogP contribution in [0, 0.1) is 10.1 Å². The average Bonchev–Trinajstić information content (AvgIpc) is 3.03. The quantitative estimate of drug-likeness (QED) is 0.116. The third-order valence-corrected chi connectivity index (χ3v) is 9.71. The van der Waals surface area contributed by atoms with Crippen molar-refractivity contribution in [3.63, 3.8) is 0 Å². The van der Waals surface area contributed by atoms with E-state index in [2.05, 4.69) is 21.2 Å². The van der Waals surface area contributed by atoms with Crippen LogP contribution in [0.4, 0.5) is 11.4 Å². The number of carbonyl (C=O) groups excluding carboxylic acids is 1. The van der Waals surface area contributed by atoms with Crippen LogP contribution in [0.2, 0.25) is 0 Å². The summed E-state index contributed by atoms with van der Waals surface area (Å²) in [6, 6.07) is 38.5. The zero-order valence-electron chi connectivity index (χ0n) is 23.4. The molecule has 0 fully saturated rings. The van der Waals surface area contributed by atoms with Crippen molar-refractivity contribution in [2.75, 3.05) is 5.32 Å². The number of sulfonamides is 1. The van der Waals surface area contributed by atoms with Crippen LogP contribution < -0.4 is 5.32 Å². The summed E-state index contributed by atoms with van der Waals surface area (Å²) >= 11 is 3.48. The summed E-state index contributed by atoms with van der Waals surface area (Å²) in [5.41, 5.74) is 3.11. The Morgan fingerprint density at radius 2 is 1.30 bits per heavy atom. The van der Waals surface area contributed by atoms with Crippen LogP contribution in [0.15, 0.2) is 143 Å². The smallest absolute Gasteiger partial charge is 0.289 e. The van der Waals surface area contributed by atoms with Crippen LogP contribution in [0.1, 0.15) is 28.2 Å². The number of nitro groups is 1. The molecule has 0 saturated heterocycles. The number of carbonyl (C=O) groups is 1. The van der Waals surface area contributed by atoms with E-state index in [1.54, 1.807) is 42.5 Å². The molecule has 0 aromatic heterocycles. The number of nitro benzene ring substituents is 1. The van der Waals surface area contributed by atoms with Gasteiger partial charge in [0, 0.05) is 29.3 Å². The molecule has 5 aromatic carbocycles. The number of anilines is 1. The average molecular weight is 671 g/mol. The van der Waals surface area contributed by atoms with E-state index in [1.807, 2.05) is 66.7 Å². The Bertz CT molecular complexity index is 1830. The minimum atomic E-state index is -4.29. The first kappa shape index (κ1) is 30.8. The van der Waals surface area contributed by atoms with Gasteiger partial charge in [-0.3, -0.25) is 14.9 Å². The van der Waals surface area contributed by atoms with Gasteiger partial charge in [0.05, 0.1) is 10.8 Å². The highest BCUT2D eigenvalue weighted by molar-refractivity contribution is 9.10. The number of hydrogen-bond donors (Lipinski definition) is 1. The van der Waals surface area contributed by atoms with E-state index in [4.69, 9.17) is 0 Å². The van der Waals surface area contributed by atoms with Gasteiger partial charge in [0.25, 0.3) is 15.7 Å². The molecule has 0 atom stereocenters. The summed E-state index contributed by atoms with van der Waals surface area (Å²) in [6.07, 6.45) is 0. The second kappa shape index (κ2) is 13.8. The molecular formula is C34H28BrN3O5S. The molecule has 1 N–H and O–H groups in total. The van der Waals surface area contributed by atoms with E-state index in [-0.39, 0.29) is 23.9 Å². The molecule has 0 aliphatic heterocycles. The zero-order chi connectivity index (χ0) is 31.1. The van der Waals surface area contributed by atoms with Crippen LogP contribution >= 0.6 is 15.9 Å². The Morgan fingerprint density at radius 3 is 1.89 bits per heavy atom. The van der Waals surface area contributed by atoms with Gasteiger partial charge >= 0.3 is 0 Å². The predicted octanol–water partition coefficient (Wildman–Crippen LogP) is 7.52. The highest BCUT2D eigenvalue weighted by atomic mass is 79.9. The lowest BCUT2D eigenvalue weighted by atomic mass is 9.90. The fourth-order valence-electron chi connectivity index (χ4n) is 4.91. The summed E-state index contributed by atoms with van der Waals surface area (Å²) in [6.45, 7) is -0.0786. The van der Waals surface area contributed by atoms with Gasteiger partial charge in [-0.15, -0.1) is 0 Å². The molecule has 0 spiro atoms. The van der Waals surface area contributed by atoms with E-state index < -0.39 is 26.6 Å². The number of hydrogen-bond acceptors (Lipinski definition) is 5. The van der Waals surface area contributed by atoms with Crippen molar-refractivity contribution in [3.8, 4) is 0 Å². The van der Waals surface area contributed by atoms with Gasteiger partial charge < -0.3 is 5.32 Å². The monoisotopic (exact) mass is 669 g/mol. The minimum absolute atomic E-state index is 0.0237. The molecule has 0 bridgehead atoms. The highest BCUT2D eigenvalue weighted by Gasteiger charge is 2.32. The first-order valence-electron chi connectivity index (χ1n) is 13.7. The lowest BCUT2D eigenvalue weighted by Gasteiger charge is -2.23. The summed E-state index contributed by atoms with van der Waals surface area (Å²) in [4.78, 5) is 24.1. The molecule has 8 nitrogen and oxygen atoms in total. The molecular weight excluding hydrogens is 642 g/mol. The largest absolute Gasteiger partial charge is 0.325 e.